The van der Waals surface area contributed by atoms with Crippen LogP contribution in [0.25, 0.3) is 0 Å². The van der Waals surface area contributed by atoms with Crippen molar-refractivity contribution in [2.45, 2.75) is 57.6 Å². The summed E-state index contributed by atoms with van der Waals surface area (Å²) in [4.78, 5) is 28.9. The van der Waals surface area contributed by atoms with Crippen LogP contribution in [0.5, 0.6) is 11.5 Å². The third-order valence-corrected chi connectivity index (χ3v) is 8.64. The summed E-state index contributed by atoms with van der Waals surface area (Å²) in [7, 11) is -1.31. The van der Waals surface area contributed by atoms with Crippen LogP contribution >= 0.6 is 11.6 Å². The Labute approximate surface area is 253 Å². The molecule has 0 heterocycles. The third-order valence-electron chi connectivity index (χ3n) is 6.63. The van der Waals surface area contributed by atoms with Gasteiger partial charge in [0.25, 0.3) is 10.0 Å². The lowest BCUT2D eigenvalue weighted by molar-refractivity contribution is -0.140. The first-order valence-corrected chi connectivity index (χ1v) is 15.4. The van der Waals surface area contributed by atoms with E-state index in [1.54, 1.807) is 62.6 Å². The Kier molecular flexibility index (Phi) is 11.2. The van der Waals surface area contributed by atoms with Crippen molar-refractivity contribution in [2.75, 3.05) is 25.1 Å². The number of nitrogens with zero attached hydrogens (tertiary/aromatic N) is 2. The Balaban J connectivity index is 2.12. The average Bonchev–Trinajstić information content (AvgIpc) is 2.95. The molecule has 42 heavy (non-hydrogen) atoms. The largest absolute Gasteiger partial charge is 0.497 e. The Morgan fingerprint density at radius 2 is 1.60 bits per heavy atom. The van der Waals surface area contributed by atoms with Crippen LogP contribution in [0.15, 0.2) is 71.6 Å². The minimum absolute atomic E-state index is 0.00535. The standard InChI is InChI=1S/C31H38ClN3O6S/c1-7-27(31(37)33-21(2)3)34(19-23-10-13-25(40-5)14-11-23)30(36)20-35(28-18-24(32)12-17-29(28)41-6)42(38,39)26-15-8-22(4)9-16-26/h8-18,21,27H,7,19-20H2,1-6H3,(H,33,37)/t27-/m1/s1. The SMILES string of the molecule is CC[C@H](C(=O)NC(C)C)N(Cc1ccc(OC)cc1)C(=O)CN(c1cc(Cl)ccc1OC)S(=O)(=O)c1ccc(C)cc1. The lowest BCUT2D eigenvalue weighted by Crippen LogP contribution is -2.53. The number of aryl methyl sites for hydroxylation is 1. The van der Waals surface area contributed by atoms with Gasteiger partial charge < -0.3 is 19.7 Å². The minimum atomic E-state index is -4.27. The molecule has 3 aromatic carbocycles. The number of amides is 2. The van der Waals surface area contributed by atoms with Gasteiger partial charge in [0, 0.05) is 17.6 Å². The lowest BCUT2D eigenvalue weighted by Gasteiger charge is -2.34. The zero-order chi connectivity index (χ0) is 31.0. The molecular weight excluding hydrogens is 578 g/mol. The molecule has 1 atom stereocenters. The zero-order valence-corrected chi connectivity index (χ0v) is 26.3. The highest BCUT2D eigenvalue weighted by molar-refractivity contribution is 7.92. The van der Waals surface area contributed by atoms with Crippen LogP contribution < -0.4 is 19.1 Å². The Bertz CT molecular complexity index is 1480. The molecule has 0 bridgehead atoms. The molecule has 0 spiro atoms. The highest BCUT2D eigenvalue weighted by Crippen LogP contribution is 2.35. The van der Waals surface area contributed by atoms with Crippen molar-refractivity contribution in [1.82, 2.24) is 10.2 Å². The summed E-state index contributed by atoms with van der Waals surface area (Å²) in [6.45, 7) is 6.79. The van der Waals surface area contributed by atoms with Gasteiger partial charge in [0.15, 0.2) is 0 Å². The molecule has 11 heteroatoms. The van der Waals surface area contributed by atoms with Crippen molar-refractivity contribution in [2.24, 2.45) is 0 Å². The van der Waals surface area contributed by atoms with Crippen LogP contribution in [0.4, 0.5) is 5.69 Å². The zero-order valence-electron chi connectivity index (χ0n) is 24.8. The van der Waals surface area contributed by atoms with Crippen LogP contribution in [-0.2, 0) is 26.2 Å². The molecule has 0 saturated heterocycles. The van der Waals surface area contributed by atoms with Crippen molar-refractivity contribution in [3.05, 3.63) is 82.9 Å². The highest BCUT2D eigenvalue weighted by atomic mass is 35.5. The van der Waals surface area contributed by atoms with Gasteiger partial charge in [0.1, 0.15) is 24.1 Å². The van der Waals surface area contributed by atoms with Gasteiger partial charge in [0.05, 0.1) is 24.8 Å². The number of nitrogens with one attached hydrogen (secondary N) is 1. The number of hydrogen-bond donors (Lipinski definition) is 1. The molecule has 0 fully saturated rings. The fourth-order valence-electron chi connectivity index (χ4n) is 4.44. The Hall–Kier alpha value is -3.76. The molecule has 0 radical (unpaired) electrons. The number of methoxy groups -OCH3 is 2. The van der Waals surface area contributed by atoms with Gasteiger partial charge in [-0.05, 0) is 75.2 Å². The summed E-state index contributed by atoms with van der Waals surface area (Å²) in [5.41, 5.74) is 1.72. The fraction of sp³-hybridized carbons (Fsp3) is 0.355. The van der Waals surface area contributed by atoms with Gasteiger partial charge in [0.2, 0.25) is 11.8 Å². The van der Waals surface area contributed by atoms with Crippen molar-refractivity contribution in [3.8, 4) is 11.5 Å². The van der Waals surface area contributed by atoms with Gasteiger partial charge in [-0.1, -0.05) is 48.4 Å². The molecule has 9 nitrogen and oxygen atoms in total. The maximum Gasteiger partial charge on any atom is 0.264 e. The molecule has 0 aromatic heterocycles. The first-order valence-electron chi connectivity index (χ1n) is 13.6. The first kappa shape index (κ1) is 32.8. The van der Waals surface area contributed by atoms with Crippen LogP contribution in [0.3, 0.4) is 0 Å². The molecular formula is C31H38ClN3O6S. The quantitative estimate of drug-likeness (QED) is 0.284. The maximum atomic E-state index is 14.2. The van der Waals surface area contributed by atoms with E-state index in [0.717, 1.165) is 15.4 Å². The lowest BCUT2D eigenvalue weighted by atomic mass is 10.1. The Morgan fingerprint density at radius 3 is 2.14 bits per heavy atom. The van der Waals surface area contributed by atoms with E-state index in [0.29, 0.717) is 12.2 Å². The van der Waals surface area contributed by atoms with Gasteiger partial charge >= 0.3 is 0 Å². The van der Waals surface area contributed by atoms with E-state index in [1.807, 2.05) is 20.8 Å². The Morgan fingerprint density at radius 1 is 0.952 bits per heavy atom. The molecule has 0 aliphatic heterocycles. The summed E-state index contributed by atoms with van der Waals surface area (Å²) in [5, 5.41) is 3.15. The van der Waals surface area contributed by atoms with Crippen LogP contribution in [-0.4, -0.2) is 58.0 Å². The van der Waals surface area contributed by atoms with E-state index in [2.05, 4.69) is 5.32 Å². The highest BCUT2D eigenvalue weighted by Gasteiger charge is 2.35. The number of carbonyl (C=O) groups excluding carboxylic acids is 2. The average molecular weight is 616 g/mol. The number of hydrogen-bond acceptors (Lipinski definition) is 6. The molecule has 2 amide bonds. The van der Waals surface area contributed by atoms with Crippen molar-refractivity contribution in [3.63, 3.8) is 0 Å². The molecule has 3 rings (SSSR count). The second kappa shape index (κ2) is 14.4. The van der Waals surface area contributed by atoms with Gasteiger partial charge in [-0.15, -0.1) is 0 Å². The number of benzene rings is 3. The van der Waals surface area contributed by atoms with Gasteiger partial charge in [-0.3, -0.25) is 13.9 Å². The number of rotatable bonds is 13. The monoisotopic (exact) mass is 615 g/mol. The number of ether oxygens (including phenoxy) is 2. The summed E-state index contributed by atoms with van der Waals surface area (Å²) in [6, 6.07) is 17.0. The number of sulfonamides is 1. The van der Waals surface area contributed by atoms with E-state index < -0.39 is 28.5 Å². The number of carbonyl (C=O) groups is 2. The second-order valence-electron chi connectivity index (χ2n) is 10.1. The van der Waals surface area contributed by atoms with Crippen molar-refractivity contribution in [1.29, 1.82) is 0 Å². The molecule has 0 saturated carbocycles. The topological polar surface area (TPSA) is 105 Å². The van der Waals surface area contributed by atoms with E-state index in [1.165, 1.54) is 30.2 Å². The van der Waals surface area contributed by atoms with E-state index in [9.17, 15) is 18.0 Å². The maximum absolute atomic E-state index is 14.2. The third kappa shape index (κ3) is 7.95. The molecule has 1 N–H and O–H groups in total. The predicted octanol–water partition coefficient (Wildman–Crippen LogP) is 5.19. The van der Waals surface area contributed by atoms with Crippen LogP contribution in [0.2, 0.25) is 5.02 Å². The van der Waals surface area contributed by atoms with E-state index >= 15 is 0 Å². The van der Waals surface area contributed by atoms with E-state index in [-0.39, 0.29) is 39.8 Å². The predicted molar refractivity (Wildman–Crippen MR) is 165 cm³/mol. The normalized spacial score (nSPS) is 12.0. The molecule has 0 unspecified atom stereocenters. The molecule has 0 aliphatic rings. The number of halogens is 1. The minimum Gasteiger partial charge on any atom is -0.497 e. The summed E-state index contributed by atoms with van der Waals surface area (Å²) >= 11 is 6.29. The summed E-state index contributed by atoms with van der Waals surface area (Å²) in [6.07, 6.45) is 0.311. The first-order chi connectivity index (χ1) is 19.9. The molecule has 0 aliphatic carbocycles. The fourth-order valence-corrected chi connectivity index (χ4v) is 6.02. The number of anilines is 1. The van der Waals surface area contributed by atoms with Crippen LogP contribution in [0.1, 0.15) is 38.3 Å². The molecule has 3 aromatic rings. The van der Waals surface area contributed by atoms with Gasteiger partial charge in [-0.25, -0.2) is 8.42 Å². The summed E-state index contributed by atoms with van der Waals surface area (Å²) in [5.74, 6) is -0.0456. The smallest absolute Gasteiger partial charge is 0.264 e. The van der Waals surface area contributed by atoms with E-state index in [4.69, 9.17) is 21.1 Å². The second-order valence-corrected chi connectivity index (χ2v) is 12.4. The van der Waals surface area contributed by atoms with Crippen molar-refractivity contribution < 1.29 is 27.5 Å². The summed E-state index contributed by atoms with van der Waals surface area (Å²) < 4.78 is 39.9. The molecule has 226 valence electrons. The van der Waals surface area contributed by atoms with Gasteiger partial charge in [-0.2, -0.15) is 0 Å². The van der Waals surface area contributed by atoms with Crippen molar-refractivity contribution >= 4 is 39.1 Å². The van der Waals surface area contributed by atoms with Crippen LogP contribution in [0, 0.1) is 6.92 Å².